The van der Waals surface area contributed by atoms with Crippen LogP contribution >= 0.6 is 0 Å². The molecule has 4 heteroatoms. The number of aromatic nitrogens is 1. The van der Waals surface area contributed by atoms with Gasteiger partial charge in [0.05, 0.1) is 5.56 Å². The number of anilines is 1. The fourth-order valence-electron chi connectivity index (χ4n) is 3.65. The average Bonchev–Trinajstić information content (AvgIpc) is 2.97. The molecule has 1 saturated carbocycles. The number of nitrogens with one attached hydrogen (secondary N) is 1. The maximum atomic E-state index is 11.9. The number of rotatable bonds is 4. The zero-order valence-corrected chi connectivity index (χ0v) is 12.4. The van der Waals surface area contributed by atoms with E-state index < -0.39 is 0 Å². The molecule has 1 aromatic heterocycles. The van der Waals surface area contributed by atoms with Gasteiger partial charge in [-0.3, -0.25) is 4.79 Å². The zero-order chi connectivity index (χ0) is 14.7. The minimum Gasteiger partial charge on any atom is -0.353 e. The maximum absolute atomic E-state index is 11.9. The lowest BCUT2D eigenvalue weighted by molar-refractivity contribution is 0.0957. The Kier molecular flexibility index (Phi) is 4.23. The quantitative estimate of drug-likeness (QED) is 0.865. The van der Waals surface area contributed by atoms with Crippen LogP contribution in [0.1, 0.15) is 42.5 Å². The Morgan fingerprint density at radius 1 is 1.38 bits per heavy atom. The molecule has 2 heterocycles. The molecule has 1 aromatic rings. The lowest BCUT2D eigenvalue weighted by atomic mass is 9.85. The van der Waals surface area contributed by atoms with Gasteiger partial charge in [0.15, 0.2) is 0 Å². The van der Waals surface area contributed by atoms with Gasteiger partial charge in [-0.05, 0) is 37.3 Å². The SMILES string of the molecule is C=CCNC(=O)c1ccc(N2CCC3CCCCC32)nc1. The van der Waals surface area contributed by atoms with Gasteiger partial charge < -0.3 is 10.2 Å². The van der Waals surface area contributed by atoms with Gasteiger partial charge in [-0.2, -0.15) is 0 Å². The first-order valence-corrected chi connectivity index (χ1v) is 7.91. The Morgan fingerprint density at radius 2 is 2.24 bits per heavy atom. The van der Waals surface area contributed by atoms with E-state index in [1.54, 1.807) is 12.3 Å². The van der Waals surface area contributed by atoms with Crippen LogP contribution in [0.4, 0.5) is 5.82 Å². The van der Waals surface area contributed by atoms with Crippen molar-refractivity contribution in [2.24, 2.45) is 5.92 Å². The standard InChI is InChI=1S/C17H23N3O/c1-2-10-18-17(21)14-7-8-16(19-12-14)20-11-9-13-5-3-4-6-15(13)20/h2,7-8,12-13,15H,1,3-6,9-11H2,(H,18,21). The third-order valence-electron chi connectivity index (χ3n) is 4.72. The number of hydrogen-bond donors (Lipinski definition) is 1. The summed E-state index contributed by atoms with van der Waals surface area (Å²) in [7, 11) is 0. The van der Waals surface area contributed by atoms with Crippen LogP contribution in [0.5, 0.6) is 0 Å². The molecule has 2 fully saturated rings. The molecule has 1 aliphatic carbocycles. The van der Waals surface area contributed by atoms with Crippen molar-refractivity contribution in [2.45, 2.75) is 38.1 Å². The smallest absolute Gasteiger partial charge is 0.253 e. The molecule has 1 N–H and O–H groups in total. The van der Waals surface area contributed by atoms with E-state index in [0.717, 1.165) is 18.3 Å². The number of pyridine rings is 1. The summed E-state index contributed by atoms with van der Waals surface area (Å²) in [4.78, 5) is 18.8. The Hall–Kier alpha value is -1.84. The molecule has 2 aliphatic rings. The molecule has 0 radical (unpaired) electrons. The second kappa shape index (κ2) is 6.29. The molecule has 2 unspecified atom stereocenters. The van der Waals surface area contributed by atoms with Crippen LogP contribution in [0.3, 0.4) is 0 Å². The molecule has 0 bridgehead atoms. The highest BCUT2D eigenvalue weighted by atomic mass is 16.1. The van der Waals surface area contributed by atoms with Gasteiger partial charge in [0, 0.05) is 25.3 Å². The van der Waals surface area contributed by atoms with Crippen LogP contribution in [0.2, 0.25) is 0 Å². The van der Waals surface area contributed by atoms with Crippen molar-refractivity contribution in [1.29, 1.82) is 0 Å². The highest BCUT2D eigenvalue weighted by molar-refractivity contribution is 5.94. The summed E-state index contributed by atoms with van der Waals surface area (Å²) < 4.78 is 0. The van der Waals surface area contributed by atoms with Crippen molar-refractivity contribution in [2.75, 3.05) is 18.0 Å². The predicted molar refractivity (Wildman–Crippen MR) is 84.5 cm³/mol. The van der Waals surface area contributed by atoms with E-state index in [-0.39, 0.29) is 5.91 Å². The highest BCUT2D eigenvalue weighted by Gasteiger charge is 2.36. The van der Waals surface area contributed by atoms with Crippen molar-refractivity contribution < 1.29 is 4.79 Å². The summed E-state index contributed by atoms with van der Waals surface area (Å²) in [6.07, 6.45) is 10.0. The lowest BCUT2D eigenvalue weighted by Gasteiger charge is -2.32. The second-order valence-electron chi connectivity index (χ2n) is 6.00. The van der Waals surface area contributed by atoms with E-state index >= 15 is 0 Å². The Balaban J connectivity index is 1.69. The van der Waals surface area contributed by atoms with Crippen LogP contribution in [0, 0.1) is 5.92 Å². The van der Waals surface area contributed by atoms with Gasteiger partial charge in [0.25, 0.3) is 5.91 Å². The number of nitrogens with zero attached hydrogens (tertiary/aromatic N) is 2. The lowest BCUT2D eigenvalue weighted by Crippen LogP contribution is -2.35. The summed E-state index contributed by atoms with van der Waals surface area (Å²) in [5.41, 5.74) is 0.611. The minimum atomic E-state index is -0.0917. The number of carbonyl (C=O) groups excluding carboxylic acids is 1. The molecule has 0 spiro atoms. The van der Waals surface area contributed by atoms with Gasteiger partial charge >= 0.3 is 0 Å². The van der Waals surface area contributed by atoms with Gasteiger partial charge in [-0.15, -0.1) is 6.58 Å². The highest BCUT2D eigenvalue weighted by Crippen LogP contribution is 2.38. The Morgan fingerprint density at radius 3 is 3.00 bits per heavy atom. The zero-order valence-electron chi connectivity index (χ0n) is 12.4. The van der Waals surface area contributed by atoms with Gasteiger partial charge in [-0.25, -0.2) is 4.98 Å². The second-order valence-corrected chi connectivity index (χ2v) is 6.00. The van der Waals surface area contributed by atoms with Crippen molar-refractivity contribution >= 4 is 11.7 Å². The van der Waals surface area contributed by atoms with E-state index in [4.69, 9.17) is 0 Å². The molecular formula is C17H23N3O. The molecule has 2 atom stereocenters. The van der Waals surface area contributed by atoms with Crippen LogP contribution < -0.4 is 10.2 Å². The third kappa shape index (κ3) is 2.94. The predicted octanol–water partition coefficient (Wildman–Crippen LogP) is 2.77. The first-order chi connectivity index (χ1) is 10.3. The molecule has 21 heavy (non-hydrogen) atoms. The van der Waals surface area contributed by atoms with Crippen molar-refractivity contribution in [3.8, 4) is 0 Å². The monoisotopic (exact) mass is 285 g/mol. The molecule has 0 aromatic carbocycles. The molecule has 1 saturated heterocycles. The van der Waals surface area contributed by atoms with E-state index in [9.17, 15) is 4.79 Å². The van der Waals surface area contributed by atoms with Crippen molar-refractivity contribution in [1.82, 2.24) is 10.3 Å². The van der Waals surface area contributed by atoms with Crippen LogP contribution in [0.15, 0.2) is 31.0 Å². The fourth-order valence-corrected chi connectivity index (χ4v) is 3.65. The third-order valence-corrected chi connectivity index (χ3v) is 4.72. The molecule has 1 aliphatic heterocycles. The summed E-state index contributed by atoms with van der Waals surface area (Å²) in [5.74, 6) is 1.77. The summed E-state index contributed by atoms with van der Waals surface area (Å²) in [6.45, 7) is 5.18. The van der Waals surface area contributed by atoms with Gasteiger partial charge in [0.1, 0.15) is 5.82 Å². The molecule has 1 amide bonds. The summed E-state index contributed by atoms with van der Waals surface area (Å²) in [6, 6.07) is 4.52. The maximum Gasteiger partial charge on any atom is 0.253 e. The van der Waals surface area contributed by atoms with E-state index in [1.807, 2.05) is 12.1 Å². The average molecular weight is 285 g/mol. The van der Waals surface area contributed by atoms with E-state index in [0.29, 0.717) is 18.2 Å². The first-order valence-electron chi connectivity index (χ1n) is 7.91. The van der Waals surface area contributed by atoms with Crippen molar-refractivity contribution in [3.05, 3.63) is 36.5 Å². The molecule has 3 rings (SSSR count). The topological polar surface area (TPSA) is 45.2 Å². The van der Waals surface area contributed by atoms with Gasteiger partial charge in [-0.1, -0.05) is 18.9 Å². The Labute approximate surface area is 126 Å². The normalized spacial score (nSPS) is 24.5. The molecule has 4 nitrogen and oxygen atoms in total. The van der Waals surface area contributed by atoms with Crippen LogP contribution in [-0.4, -0.2) is 30.0 Å². The molecule has 112 valence electrons. The fraction of sp³-hybridized carbons (Fsp3) is 0.529. The Bertz CT molecular complexity index is 511. The minimum absolute atomic E-state index is 0.0917. The number of hydrogen-bond acceptors (Lipinski definition) is 3. The largest absolute Gasteiger partial charge is 0.353 e. The summed E-state index contributed by atoms with van der Waals surface area (Å²) >= 11 is 0. The number of amides is 1. The number of fused-ring (bicyclic) bond motifs is 1. The van der Waals surface area contributed by atoms with Crippen LogP contribution in [0.25, 0.3) is 0 Å². The van der Waals surface area contributed by atoms with E-state index in [2.05, 4.69) is 21.8 Å². The van der Waals surface area contributed by atoms with Crippen molar-refractivity contribution in [3.63, 3.8) is 0 Å². The number of carbonyl (C=O) groups is 1. The molecular weight excluding hydrogens is 262 g/mol. The summed E-state index contributed by atoms with van der Waals surface area (Å²) in [5, 5.41) is 2.77. The van der Waals surface area contributed by atoms with E-state index in [1.165, 1.54) is 32.1 Å². The first kappa shape index (κ1) is 14.1. The van der Waals surface area contributed by atoms with Gasteiger partial charge in [0.2, 0.25) is 0 Å². The van der Waals surface area contributed by atoms with Crippen LogP contribution in [-0.2, 0) is 0 Å².